The summed E-state index contributed by atoms with van der Waals surface area (Å²) in [6.45, 7) is 2.58. The van der Waals surface area contributed by atoms with E-state index < -0.39 is 17.7 Å². The summed E-state index contributed by atoms with van der Waals surface area (Å²) in [7, 11) is 0. The Kier molecular flexibility index (Phi) is 9.02. The first kappa shape index (κ1) is 28.8. The molecule has 7 nitrogen and oxygen atoms in total. The molecule has 0 aliphatic carbocycles. The van der Waals surface area contributed by atoms with E-state index in [1.165, 1.54) is 22.7 Å². The lowest BCUT2D eigenvalue weighted by atomic mass is 9.95. The molecule has 1 aliphatic heterocycles. The molecule has 5 rings (SSSR count). The van der Waals surface area contributed by atoms with Gasteiger partial charge in [0, 0.05) is 16.3 Å². The summed E-state index contributed by atoms with van der Waals surface area (Å²) in [5, 5.41) is 20.3. The first-order chi connectivity index (χ1) is 19.9. The third-order valence-electron chi connectivity index (χ3n) is 6.41. The second kappa shape index (κ2) is 12.8. The summed E-state index contributed by atoms with van der Waals surface area (Å²) in [5.41, 5.74) is 1.33. The van der Waals surface area contributed by atoms with E-state index in [0.717, 1.165) is 24.2 Å². The molecule has 11 heteroatoms. The van der Waals surface area contributed by atoms with Crippen LogP contribution in [0.15, 0.2) is 82.7 Å². The van der Waals surface area contributed by atoms with Crippen LogP contribution in [-0.4, -0.2) is 33.6 Å². The Labute approximate surface area is 249 Å². The minimum Gasteiger partial charge on any atom is -0.507 e. The van der Waals surface area contributed by atoms with Crippen LogP contribution in [0.4, 0.5) is 9.52 Å². The van der Waals surface area contributed by atoms with Crippen molar-refractivity contribution in [1.29, 1.82) is 0 Å². The molecular formula is C30H25ClFN3O4S2. The Morgan fingerprint density at radius 2 is 1.88 bits per heavy atom. The van der Waals surface area contributed by atoms with Crippen LogP contribution >= 0.6 is 34.7 Å². The van der Waals surface area contributed by atoms with E-state index in [2.05, 4.69) is 17.1 Å². The minimum atomic E-state index is -0.988. The zero-order chi connectivity index (χ0) is 28.9. The molecule has 0 bridgehead atoms. The van der Waals surface area contributed by atoms with Crippen molar-refractivity contribution in [2.75, 3.05) is 11.5 Å². The van der Waals surface area contributed by atoms with Crippen LogP contribution in [0.3, 0.4) is 0 Å². The predicted molar refractivity (Wildman–Crippen MR) is 159 cm³/mol. The maximum Gasteiger partial charge on any atom is 0.301 e. The van der Waals surface area contributed by atoms with E-state index in [0.29, 0.717) is 44.2 Å². The van der Waals surface area contributed by atoms with Crippen LogP contribution in [0.1, 0.15) is 42.5 Å². The fourth-order valence-electron chi connectivity index (χ4n) is 4.33. The Hall–Kier alpha value is -3.73. The fourth-order valence-corrected chi connectivity index (χ4v) is 6.31. The van der Waals surface area contributed by atoms with Gasteiger partial charge in [0.1, 0.15) is 17.3 Å². The van der Waals surface area contributed by atoms with Crippen LogP contribution < -0.4 is 9.64 Å². The molecule has 1 fully saturated rings. The van der Waals surface area contributed by atoms with Crippen molar-refractivity contribution in [3.63, 3.8) is 0 Å². The number of Topliss-reactive ketones (excluding diaryl/α,β-unsaturated/α-hetero) is 1. The van der Waals surface area contributed by atoms with Gasteiger partial charge in [-0.05, 0) is 60.0 Å². The number of rotatable bonds is 10. The molecule has 1 amide bonds. The molecule has 1 saturated heterocycles. The normalized spacial score (nSPS) is 16.4. The monoisotopic (exact) mass is 609 g/mol. The lowest BCUT2D eigenvalue weighted by Crippen LogP contribution is -2.29. The van der Waals surface area contributed by atoms with Crippen molar-refractivity contribution in [1.82, 2.24) is 10.2 Å². The molecule has 0 saturated carbocycles. The second-order valence-corrected chi connectivity index (χ2v) is 11.8. The smallest absolute Gasteiger partial charge is 0.301 e. The van der Waals surface area contributed by atoms with Crippen molar-refractivity contribution in [2.24, 2.45) is 0 Å². The van der Waals surface area contributed by atoms with Gasteiger partial charge in [-0.2, -0.15) is 0 Å². The summed E-state index contributed by atoms with van der Waals surface area (Å²) in [6, 6.07) is 18.9. The third kappa shape index (κ3) is 6.29. The Bertz CT molecular complexity index is 1610. The number of halogens is 2. The first-order valence-electron chi connectivity index (χ1n) is 12.9. The number of aliphatic hydroxyl groups is 1. The van der Waals surface area contributed by atoms with Gasteiger partial charge in [-0.15, -0.1) is 10.2 Å². The molecule has 1 N–H and O–H groups in total. The molecular weight excluding hydrogens is 585 g/mol. The van der Waals surface area contributed by atoms with E-state index in [9.17, 15) is 19.1 Å². The van der Waals surface area contributed by atoms with E-state index in [1.54, 1.807) is 66.7 Å². The molecule has 210 valence electrons. The van der Waals surface area contributed by atoms with Crippen LogP contribution in [0.25, 0.3) is 5.76 Å². The van der Waals surface area contributed by atoms with E-state index >= 15 is 0 Å². The van der Waals surface area contributed by atoms with Gasteiger partial charge in [-0.3, -0.25) is 14.5 Å². The van der Waals surface area contributed by atoms with E-state index in [-0.39, 0.29) is 22.3 Å². The number of aliphatic hydroxyl groups excluding tert-OH is 1. The van der Waals surface area contributed by atoms with Crippen molar-refractivity contribution in [2.45, 2.75) is 35.9 Å². The van der Waals surface area contributed by atoms with Crippen molar-refractivity contribution >= 4 is 57.3 Å². The molecule has 4 aromatic rings. The van der Waals surface area contributed by atoms with Crippen LogP contribution in [0.2, 0.25) is 5.02 Å². The number of amides is 1. The molecule has 41 heavy (non-hydrogen) atoms. The fraction of sp³-hybridized carbons (Fsp3) is 0.200. The van der Waals surface area contributed by atoms with Gasteiger partial charge in [0.25, 0.3) is 5.78 Å². The second-order valence-electron chi connectivity index (χ2n) is 9.18. The van der Waals surface area contributed by atoms with Gasteiger partial charge in [0.15, 0.2) is 4.34 Å². The standard InChI is InChI=1S/C30H25ClFN3O4S2/c1-2-3-15-39-22-9-6-8-19(16-22)25-24(26(36)18-11-13-21(31)14-12-18)27(37)28(38)35(25)29-33-34-30(41-29)40-17-20-7-4-5-10-23(20)32/h4-14,16,25,36H,2-3,15,17H2,1H3. The van der Waals surface area contributed by atoms with Gasteiger partial charge in [0.05, 0.1) is 18.2 Å². The molecule has 1 unspecified atom stereocenters. The lowest BCUT2D eigenvalue weighted by molar-refractivity contribution is -0.132. The van der Waals surface area contributed by atoms with Gasteiger partial charge in [0.2, 0.25) is 5.13 Å². The highest BCUT2D eigenvalue weighted by atomic mass is 35.5. The molecule has 1 atom stereocenters. The molecule has 1 aliphatic rings. The quantitative estimate of drug-likeness (QED) is 0.0499. The first-order valence-corrected chi connectivity index (χ1v) is 15.0. The number of anilines is 1. The number of aromatic nitrogens is 2. The van der Waals surface area contributed by atoms with E-state index in [4.69, 9.17) is 16.3 Å². The third-order valence-corrected chi connectivity index (χ3v) is 8.77. The highest BCUT2D eigenvalue weighted by Crippen LogP contribution is 2.44. The summed E-state index contributed by atoms with van der Waals surface area (Å²) in [6.07, 6.45) is 1.84. The highest BCUT2D eigenvalue weighted by Gasteiger charge is 2.48. The average molecular weight is 610 g/mol. The zero-order valence-corrected chi connectivity index (χ0v) is 24.3. The number of carbonyl (C=O) groups is 2. The number of thioether (sulfide) groups is 1. The number of hydrogen-bond donors (Lipinski definition) is 1. The van der Waals surface area contributed by atoms with Crippen molar-refractivity contribution in [3.05, 3.63) is 106 Å². The summed E-state index contributed by atoms with van der Waals surface area (Å²) < 4.78 is 20.5. The number of ether oxygens (including phenoxy) is 1. The summed E-state index contributed by atoms with van der Waals surface area (Å²) in [4.78, 5) is 28.2. The maximum atomic E-state index is 14.1. The van der Waals surface area contributed by atoms with Crippen molar-refractivity contribution < 1.29 is 23.8 Å². The minimum absolute atomic E-state index is 0.0845. The highest BCUT2D eigenvalue weighted by molar-refractivity contribution is 8.00. The van der Waals surface area contributed by atoms with Crippen molar-refractivity contribution in [3.8, 4) is 5.75 Å². The van der Waals surface area contributed by atoms with Crippen LogP contribution in [-0.2, 0) is 15.3 Å². The molecule has 0 radical (unpaired) electrons. The van der Waals surface area contributed by atoms with Gasteiger partial charge in [-0.1, -0.05) is 78.4 Å². The average Bonchev–Trinajstić information content (AvgIpc) is 3.55. The van der Waals surface area contributed by atoms with E-state index in [1.807, 2.05) is 0 Å². The molecule has 2 heterocycles. The predicted octanol–water partition coefficient (Wildman–Crippen LogP) is 7.43. The Balaban J connectivity index is 1.54. The Morgan fingerprint density at radius 1 is 1.10 bits per heavy atom. The number of nitrogens with zero attached hydrogens (tertiary/aromatic N) is 3. The van der Waals surface area contributed by atoms with Gasteiger partial charge in [-0.25, -0.2) is 4.39 Å². The van der Waals surface area contributed by atoms with Crippen LogP contribution in [0, 0.1) is 5.82 Å². The largest absolute Gasteiger partial charge is 0.507 e. The molecule has 1 aromatic heterocycles. The number of hydrogen-bond acceptors (Lipinski definition) is 8. The molecule has 3 aromatic carbocycles. The Morgan fingerprint density at radius 3 is 2.63 bits per heavy atom. The number of benzene rings is 3. The topological polar surface area (TPSA) is 92.6 Å². The number of carbonyl (C=O) groups excluding carboxylic acids is 2. The summed E-state index contributed by atoms with van der Waals surface area (Å²) in [5.74, 6) is -1.45. The molecule has 0 spiro atoms. The van der Waals surface area contributed by atoms with Gasteiger partial charge < -0.3 is 9.84 Å². The summed E-state index contributed by atoms with van der Waals surface area (Å²) >= 11 is 8.41. The number of ketones is 1. The lowest BCUT2D eigenvalue weighted by Gasteiger charge is -2.23. The zero-order valence-electron chi connectivity index (χ0n) is 21.9. The number of unbranched alkanes of at least 4 members (excludes halogenated alkanes) is 1. The SMILES string of the molecule is CCCCOc1cccc(C2C(=C(O)c3ccc(Cl)cc3)C(=O)C(=O)N2c2nnc(SCc3ccccc3F)s2)c1. The van der Waals surface area contributed by atoms with Crippen LogP contribution in [0.5, 0.6) is 5.75 Å². The van der Waals surface area contributed by atoms with Gasteiger partial charge >= 0.3 is 5.91 Å². The maximum absolute atomic E-state index is 14.1.